The molecule has 1 unspecified atom stereocenters. The van der Waals surface area contributed by atoms with Crippen LogP contribution >= 0.6 is 0 Å². The summed E-state index contributed by atoms with van der Waals surface area (Å²) in [5, 5.41) is 11.8. The Balaban J connectivity index is 1.38. The SMILES string of the molecule is O=C(NC(Cc1ccccc1)C(=O)O)OCc1ccc2nc(-c3ccccc3)[nH]c2c1. The third kappa shape index (κ3) is 5.08. The van der Waals surface area contributed by atoms with E-state index in [0.29, 0.717) is 0 Å². The number of nitrogens with zero attached hydrogens (tertiary/aromatic N) is 1. The molecule has 1 amide bonds. The molecule has 0 fully saturated rings. The van der Waals surface area contributed by atoms with Crippen molar-refractivity contribution in [3.63, 3.8) is 0 Å². The number of alkyl carbamates (subject to hydrolysis) is 1. The van der Waals surface area contributed by atoms with Gasteiger partial charge in [-0.05, 0) is 23.3 Å². The summed E-state index contributed by atoms with van der Waals surface area (Å²) in [6, 6.07) is 23.4. The maximum Gasteiger partial charge on any atom is 0.408 e. The smallest absolute Gasteiger partial charge is 0.408 e. The first kappa shape index (κ1) is 20.2. The molecule has 0 saturated carbocycles. The molecular weight excluding hydrogens is 394 g/mol. The van der Waals surface area contributed by atoms with Gasteiger partial charge >= 0.3 is 12.1 Å². The van der Waals surface area contributed by atoms with E-state index in [0.717, 1.165) is 33.5 Å². The van der Waals surface area contributed by atoms with Crippen molar-refractivity contribution in [2.75, 3.05) is 0 Å². The van der Waals surface area contributed by atoms with Gasteiger partial charge in [0.05, 0.1) is 11.0 Å². The number of aliphatic carboxylic acids is 1. The fraction of sp³-hybridized carbons (Fsp3) is 0.125. The van der Waals surface area contributed by atoms with E-state index in [1.54, 1.807) is 0 Å². The Kier molecular flexibility index (Phi) is 5.93. The number of hydrogen-bond acceptors (Lipinski definition) is 4. The number of benzene rings is 3. The second-order valence-electron chi connectivity index (χ2n) is 7.10. The zero-order chi connectivity index (χ0) is 21.6. The highest BCUT2D eigenvalue weighted by Gasteiger charge is 2.21. The Bertz CT molecular complexity index is 1190. The van der Waals surface area contributed by atoms with Crippen molar-refractivity contribution in [2.24, 2.45) is 0 Å². The third-order valence-electron chi connectivity index (χ3n) is 4.84. The largest absolute Gasteiger partial charge is 0.480 e. The number of H-pyrrole nitrogens is 1. The van der Waals surface area contributed by atoms with E-state index in [2.05, 4.69) is 15.3 Å². The molecule has 0 aliphatic rings. The van der Waals surface area contributed by atoms with E-state index >= 15 is 0 Å². The summed E-state index contributed by atoms with van der Waals surface area (Å²) in [4.78, 5) is 31.5. The Hall–Kier alpha value is -4.13. The molecule has 1 aromatic heterocycles. The molecule has 3 N–H and O–H groups in total. The van der Waals surface area contributed by atoms with Crippen LogP contribution in [0.15, 0.2) is 78.9 Å². The molecule has 0 aliphatic carbocycles. The maximum absolute atomic E-state index is 12.2. The quantitative estimate of drug-likeness (QED) is 0.421. The molecule has 7 heteroatoms. The van der Waals surface area contributed by atoms with E-state index in [9.17, 15) is 14.7 Å². The number of carboxylic acids is 1. The summed E-state index contributed by atoms with van der Waals surface area (Å²) in [6.07, 6.45) is -0.605. The number of carbonyl (C=O) groups is 2. The van der Waals surface area contributed by atoms with Crippen LogP contribution in [0.5, 0.6) is 0 Å². The summed E-state index contributed by atoms with van der Waals surface area (Å²) in [5.41, 5.74) is 4.19. The number of nitrogens with one attached hydrogen (secondary N) is 2. The zero-order valence-corrected chi connectivity index (χ0v) is 16.6. The molecule has 0 radical (unpaired) electrons. The molecule has 1 heterocycles. The number of fused-ring (bicyclic) bond motifs is 1. The molecule has 0 bridgehead atoms. The summed E-state index contributed by atoms with van der Waals surface area (Å²) < 4.78 is 5.24. The number of hydrogen-bond donors (Lipinski definition) is 3. The highest BCUT2D eigenvalue weighted by molar-refractivity contribution is 5.81. The Morgan fingerprint density at radius 3 is 2.39 bits per heavy atom. The number of aromatic amines is 1. The normalized spacial score (nSPS) is 11.7. The molecule has 4 aromatic rings. The van der Waals surface area contributed by atoms with Crippen molar-refractivity contribution in [1.82, 2.24) is 15.3 Å². The molecule has 0 saturated heterocycles. The van der Waals surface area contributed by atoms with Crippen LogP contribution in [-0.2, 0) is 22.6 Å². The summed E-state index contributed by atoms with van der Waals surface area (Å²) in [5.74, 6) is -0.357. The summed E-state index contributed by atoms with van der Waals surface area (Å²) in [6.45, 7) is 0.0130. The van der Waals surface area contributed by atoms with Crippen molar-refractivity contribution in [3.8, 4) is 11.4 Å². The van der Waals surface area contributed by atoms with Crippen LogP contribution in [0.3, 0.4) is 0 Å². The number of amides is 1. The van der Waals surface area contributed by atoms with Gasteiger partial charge < -0.3 is 20.1 Å². The van der Waals surface area contributed by atoms with E-state index in [1.165, 1.54) is 0 Å². The van der Waals surface area contributed by atoms with E-state index < -0.39 is 18.1 Å². The van der Waals surface area contributed by atoms with Crippen molar-refractivity contribution in [1.29, 1.82) is 0 Å². The summed E-state index contributed by atoms with van der Waals surface area (Å²) >= 11 is 0. The Morgan fingerprint density at radius 1 is 0.968 bits per heavy atom. The average Bonchev–Trinajstić information content (AvgIpc) is 3.22. The van der Waals surface area contributed by atoms with Crippen molar-refractivity contribution in [3.05, 3.63) is 90.0 Å². The minimum Gasteiger partial charge on any atom is -0.480 e. The highest BCUT2D eigenvalue weighted by Crippen LogP contribution is 2.21. The first-order valence-electron chi connectivity index (χ1n) is 9.82. The topological polar surface area (TPSA) is 104 Å². The van der Waals surface area contributed by atoms with Gasteiger partial charge in [-0.15, -0.1) is 0 Å². The molecule has 1 atom stereocenters. The number of aromatic nitrogens is 2. The average molecular weight is 415 g/mol. The van der Waals surface area contributed by atoms with Crippen LogP contribution in [-0.4, -0.2) is 33.2 Å². The third-order valence-corrected chi connectivity index (χ3v) is 4.84. The Labute approximate surface area is 178 Å². The molecule has 31 heavy (non-hydrogen) atoms. The maximum atomic E-state index is 12.2. The molecule has 0 aliphatic heterocycles. The lowest BCUT2D eigenvalue weighted by molar-refractivity contribution is -0.139. The van der Waals surface area contributed by atoms with Crippen LogP contribution < -0.4 is 5.32 Å². The lowest BCUT2D eigenvalue weighted by atomic mass is 10.1. The van der Waals surface area contributed by atoms with Gasteiger partial charge in [-0.25, -0.2) is 14.6 Å². The van der Waals surface area contributed by atoms with Gasteiger partial charge in [0, 0.05) is 12.0 Å². The van der Waals surface area contributed by atoms with Gasteiger partial charge in [-0.1, -0.05) is 66.7 Å². The molecule has 0 spiro atoms. The van der Waals surface area contributed by atoms with Gasteiger partial charge in [-0.3, -0.25) is 0 Å². The van der Waals surface area contributed by atoms with Gasteiger partial charge in [0.25, 0.3) is 0 Å². The standard InChI is InChI=1S/C24H21N3O4/c28-23(29)21(13-16-7-3-1-4-8-16)27-24(30)31-15-17-11-12-19-20(14-17)26-22(25-19)18-9-5-2-6-10-18/h1-12,14,21H,13,15H2,(H,25,26)(H,27,30)(H,28,29). The van der Waals surface area contributed by atoms with Gasteiger partial charge in [0.15, 0.2) is 0 Å². The van der Waals surface area contributed by atoms with Crippen molar-refractivity contribution < 1.29 is 19.4 Å². The lowest BCUT2D eigenvalue weighted by Gasteiger charge is -2.14. The molecule has 156 valence electrons. The Morgan fingerprint density at radius 2 is 1.68 bits per heavy atom. The van der Waals surface area contributed by atoms with Crippen LogP contribution in [0.1, 0.15) is 11.1 Å². The second-order valence-corrected chi connectivity index (χ2v) is 7.10. The van der Waals surface area contributed by atoms with E-state index in [-0.39, 0.29) is 13.0 Å². The zero-order valence-electron chi connectivity index (χ0n) is 16.6. The van der Waals surface area contributed by atoms with Gasteiger partial charge in [0.2, 0.25) is 0 Å². The van der Waals surface area contributed by atoms with Crippen LogP contribution in [0, 0.1) is 0 Å². The minimum atomic E-state index is -1.12. The van der Waals surface area contributed by atoms with Crippen molar-refractivity contribution >= 4 is 23.1 Å². The predicted octanol–water partition coefficient (Wildman–Crippen LogP) is 4.15. The summed E-state index contributed by atoms with van der Waals surface area (Å²) in [7, 11) is 0. The van der Waals surface area contributed by atoms with Crippen LogP contribution in [0.2, 0.25) is 0 Å². The fourth-order valence-corrected chi connectivity index (χ4v) is 3.26. The minimum absolute atomic E-state index is 0.0130. The first-order chi connectivity index (χ1) is 15.1. The molecular formula is C24H21N3O4. The molecule has 3 aromatic carbocycles. The van der Waals surface area contributed by atoms with Crippen LogP contribution in [0.25, 0.3) is 22.4 Å². The monoisotopic (exact) mass is 415 g/mol. The fourth-order valence-electron chi connectivity index (χ4n) is 3.26. The van der Waals surface area contributed by atoms with Gasteiger partial charge in [-0.2, -0.15) is 0 Å². The number of carbonyl (C=O) groups excluding carboxylic acids is 1. The number of imidazole rings is 1. The highest BCUT2D eigenvalue weighted by atomic mass is 16.5. The molecule has 4 rings (SSSR count). The predicted molar refractivity (Wildman–Crippen MR) is 116 cm³/mol. The second kappa shape index (κ2) is 9.13. The number of ether oxygens (including phenoxy) is 1. The van der Waals surface area contributed by atoms with Gasteiger partial charge in [0.1, 0.15) is 18.5 Å². The molecule has 7 nitrogen and oxygen atoms in total. The number of carboxylic acid groups (broad SMARTS) is 1. The first-order valence-corrected chi connectivity index (χ1v) is 9.82. The van der Waals surface area contributed by atoms with E-state index in [4.69, 9.17) is 4.74 Å². The number of rotatable bonds is 7. The lowest BCUT2D eigenvalue weighted by Crippen LogP contribution is -2.42. The van der Waals surface area contributed by atoms with Crippen LogP contribution in [0.4, 0.5) is 4.79 Å². The van der Waals surface area contributed by atoms with E-state index in [1.807, 2.05) is 78.9 Å². The van der Waals surface area contributed by atoms with Crippen molar-refractivity contribution in [2.45, 2.75) is 19.1 Å².